The highest BCUT2D eigenvalue weighted by molar-refractivity contribution is 5.68. The summed E-state index contributed by atoms with van der Waals surface area (Å²) >= 11 is 0. The molecule has 15 heavy (non-hydrogen) atoms. The van der Waals surface area contributed by atoms with Gasteiger partial charge in [0.25, 0.3) is 0 Å². The zero-order chi connectivity index (χ0) is 11.6. The Balaban J connectivity index is 2.53. The predicted octanol–water partition coefficient (Wildman–Crippen LogP) is 1.73. The zero-order valence-corrected chi connectivity index (χ0v) is 10.1. The maximum atomic E-state index is 11.8. The molecule has 88 valence electrons. The second kappa shape index (κ2) is 4.39. The summed E-state index contributed by atoms with van der Waals surface area (Å²) in [5.41, 5.74) is 5.42. The van der Waals surface area contributed by atoms with Crippen molar-refractivity contribution in [3.63, 3.8) is 0 Å². The molecule has 0 aliphatic carbocycles. The zero-order valence-electron chi connectivity index (χ0n) is 10.1. The molecule has 0 aromatic carbocycles. The fourth-order valence-corrected chi connectivity index (χ4v) is 1.80. The average molecular weight is 214 g/mol. The maximum absolute atomic E-state index is 11.8. The lowest BCUT2D eigenvalue weighted by atomic mass is 10.00. The number of amides is 1. The fourth-order valence-electron chi connectivity index (χ4n) is 1.80. The summed E-state index contributed by atoms with van der Waals surface area (Å²) in [7, 11) is 0. The Bertz CT molecular complexity index is 235. The minimum Gasteiger partial charge on any atom is -0.444 e. The Hall–Kier alpha value is -0.770. The molecular weight excluding hydrogens is 192 g/mol. The van der Waals surface area contributed by atoms with Crippen molar-refractivity contribution >= 4 is 6.09 Å². The van der Waals surface area contributed by atoms with Crippen LogP contribution in [0.5, 0.6) is 0 Å². The van der Waals surface area contributed by atoms with E-state index in [0.717, 1.165) is 12.8 Å². The van der Waals surface area contributed by atoms with Crippen LogP contribution in [0.1, 0.15) is 40.5 Å². The summed E-state index contributed by atoms with van der Waals surface area (Å²) in [6.07, 6.45) is 1.50. The normalized spacial score (nSPS) is 27.7. The van der Waals surface area contributed by atoms with E-state index in [1.807, 2.05) is 27.7 Å². The van der Waals surface area contributed by atoms with Gasteiger partial charge in [0.2, 0.25) is 0 Å². The van der Waals surface area contributed by atoms with Gasteiger partial charge in [0, 0.05) is 18.6 Å². The van der Waals surface area contributed by atoms with Crippen LogP contribution < -0.4 is 5.73 Å². The van der Waals surface area contributed by atoms with Crippen molar-refractivity contribution in [3.05, 3.63) is 0 Å². The third-order valence-corrected chi connectivity index (χ3v) is 2.54. The van der Waals surface area contributed by atoms with E-state index in [4.69, 9.17) is 10.5 Å². The SMILES string of the molecule is C[C@H]1C[C@H](N)CCN1C(=O)OC(C)(C)C. The molecule has 0 spiro atoms. The summed E-state index contributed by atoms with van der Waals surface area (Å²) in [6.45, 7) is 8.36. The van der Waals surface area contributed by atoms with Crippen molar-refractivity contribution in [1.82, 2.24) is 4.90 Å². The van der Waals surface area contributed by atoms with Crippen LogP contribution in [-0.2, 0) is 4.74 Å². The molecule has 1 rings (SSSR count). The monoisotopic (exact) mass is 214 g/mol. The molecular formula is C11H22N2O2. The molecule has 0 unspecified atom stereocenters. The summed E-state index contributed by atoms with van der Waals surface area (Å²) in [6, 6.07) is 0.405. The lowest BCUT2D eigenvalue weighted by Crippen LogP contribution is -2.49. The van der Waals surface area contributed by atoms with Crippen molar-refractivity contribution in [1.29, 1.82) is 0 Å². The molecule has 1 aliphatic rings. The minimum absolute atomic E-state index is 0.184. The Morgan fingerprint density at radius 1 is 1.47 bits per heavy atom. The van der Waals surface area contributed by atoms with E-state index in [0.29, 0.717) is 6.54 Å². The third-order valence-electron chi connectivity index (χ3n) is 2.54. The second-order valence-corrected chi connectivity index (χ2v) is 5.31. The molecule has 0 bridgehead atoms. The molecule has 0 radical (unpaired) electrons. The van der Waals surface area contributed by atoms with Crippen LogP contribution in [0.3, 0.4) is 0 Å². The minimum atomic E-state index is -0.420. The van der Waals surface area contributed by atoms with Crippen molar-refractivity contribution in [2.24, 2.45) is 5.73 Å². The van der Waals surface area contributed by atoms with Crippen LogP contribution in [0.15, 0.2) is 0 Å². The number of rotatable bonds is 0. The Morgan fingerprint density at radius 3 is 2.53 bits per heavy atom. The van der Waals surface area contributed by atoms with Gasteiger partial charge in [0.15, 0.2) is 0 Å². The van der Waals surface area contributed by atoms with Crippen LogP contribution in [0.4, 0.5) is 4.79 Å². The predicted molar refractivity (Wildman–Crippen MR) is 59.6 cm³/mol. The number of hydrogen-bond donors (Lipinski definition) is 1. The Kier molecular flexibility index (Phi) is 3.60. The van der Waals surface area contributed by atoms with Gasteiger partial charge in [-0.25, -0.2) is 4.79 Å². The van der Waals surface area contributed by atoms with E-state index >= 15 is 0 Å². The van der Waals surface area contributed by atoms with Crippen LogP contribution in [0, 0.1) is 0 Å². The van der Waals surface area contributed by atoms with E-state index in [1.165, 1.54) is 0 Å². The van der Waals surface area contributed by atoms with Crippen LogP contribution in [0.25, 0.3) is 0 Å². The van der Waals surface area contributed by atoms with Gasteiger partial charge in [-0.2, -0.15) is 0 Å². The second-order valence-electron chi connectivity index (χ2n) is 5.31. The molecule has 0 aromatic rings. The molecule has 4 nitrogen and oxygen atoms in total. The van der Waals surface area contributed by atoms with Gasteiger partial charge >= 0.3 is 6.09 Å². The quantitative estimate of drug-likeness (QED) is 0.668. The molecule has 0 saturated carbocycles. The highest BCUT2D eigenvalue weighted by Gasteiger charge is 2.30. The number of piperidine rings is 1. The number of carbonyl (C=O) groups is 1. The topological polar surface area (TPSA) is 55.6 Å². The van der Waals surface area contributed by atoms with E-state index < -0.39 is 5.60 Å². The van der Waals surface area contributed by atoms with Gasteiger partial charge in [-0.3, -0.25) is 0 Å². The first-order valence-electron chi connectivity index (χ1n) is 5.55. The highest BCUT2D eigenvalue weighted by atomic mass is 16.6. The third kappa shape index (κ3) is 3.70. The molecule has 4 heteroatoms. The van der Waals surface area contributed by atoms with Gasteiger partial charge in [-0.1, -0.05) is 0 Å². The lowest BCUT2D eigenvalue weighted by Gasteiger charge is -2.37. The van der Waals surface area contributed by atoms with E-state index in [2.05, 4.69) is 0 Å². The average Bonchev–Trinajstić information content (AvgIpc) is 1.99. The number of ether oxygens (including phenoxy) is 1. The van der Waals surface area contributed by atoms with Crippen LogP contribution in [-0.4, -0.2) is 35.2 Å². The summed E-state index contributed by atoms with van der Waals surface area (Å²) < 4.78 is 5.33. The van der Waals surface area contributed by atoms with Crippen molar-refractivity contribution in [3.8, 4) is 0 Å². The number of carbonyl (C=O) groups excluding carboxylic acids is 1. The van der Waals surface area contributed by atoms with Gasteiger partial charge < -0.3 is 15.4 Å². The first kappa shape index (κ1) is 12.3. The summed E-state index contributed by atoms with van der Waals surface area (Å²) in [5, 5.41) is 0. The number of nitrogens with two attached hydrogens (primary N) is 1. The number of nitrogens with zero attached hydrogens (tertiary/aromatic N) is 1. The van der Waals surface area contributed by atoms with E-state index in [-0.39, 0.29) is 18.2 Å². The molecule has 2 N–H and O–H groups in total. The van der Waals surface area contributed by atoms with Gasteiger partial charge in [-0.15, -0.1) is 0 Å². The Morgan fingerprint density at radius 2 is 2.07 bits per heavy atom. The van der Waals surface area contributed by atoms with E-state index in [1.54, 1.807) is 4.90 Å². The van der Waals surface area contributed by atoms with Crippen LogP contribution in [0.2, 0.25) is 0 Å². The van der Waals surface area contributed by atoms with Gasteiger partial charge in [0.05, 0.1) is 0 Å². The lowest BCUT2D eigenvalue weighted by molar-refractivity contribution is 0.0107. The molecule has 2 atom stereocenters. The molecule has 1 fully saturated rings. The highest BCUT2D eigenvalue weighted by Crippen LogP contribution is 2.19. The van der Waals surface area contributed by atoms with Crippen molar-refractivity contribution < 1.29 is 9.53 Å². The van der Waals surface area contributed by atoms with Crippen molar-refractivity contribution in [2.75, 3.05) is 6.54 Å². The molecule has 1 aliphatic heterocycles. The van der Waals surface area contributed by atoms with Crippen molar-refractivity contribution in [2.45, 2.75) is 58.2 Å². The smallest absolute Gasteiger partial charge is 0.410 e. The number of likely N-dealkylation sites (tertiary alicyclic amines) is 1. The standard InChI is InChI=1S/C11H22N2O2/c1-8-7-9(12)5-6-13(8)10(14)15-11(2,3)4/h8-9H,5-7,12H2,1-4H3/t8-,9+/m0/s1. The summed E-state index contributed by atoms with van der Waals surface area (Å²) in [4.78, 5) is 13.6. The largest absolute Gasteiger partial charge is 0.444 e. The first-order valence-corrected chi connectivity index (χ1v) is 5.55. The Labute approximate surface area is 91.8 Å². The summed E-state index contributed by atoms with van der Waals surface area (Å²) in [5.74, 6) is 0. The number of hydrogen-bond acceptors (Lipinski definition) is 3. The van der Waals surface area contributed by atoms with E-state index in [9.17, 15) is 4.79 Å². The fraction of sp³-hybridized carbons (Fsp3) is 0.909. The maximum Gasteiger partial charge on any atom is 0.410 e. The molecule has 1 saturated heterocycles. The molecule has 1 amide bonds. The van der Waals surface area contributed by atoms with Gasteiger partial charge in [0.1, 0.15) is 5.60 Å². The molecule has 0 aromatic heterocycles. The van der Waals surface area contributed by atoms with Crippen LogP contribution >= 0.6 is 0 Å². The van der Waals surface area contributed by atoms with Gasteiger partial charge in [-0.05, 0) is 40.5 Å². The first-order chi connectivity index (χ1) is 6.79. The molecule has 1 heterocycles.